The van der Waals surface area contributed by atoms with Crippen molar-refractivity contribution >= 4 is 28.1 Å². The number of rotatable bonds is 7. The zero-order chi connectivity index (χ0) is 20.2. The minimum absolute atomic E-state index is 0.0147. The molecule has 0 radical (unpaired) electrons. The maximum absolute atomic E-state index is 13.3. The zero-order valence-electron chi connectivity index (χ0n) is 16.6. The van der Waals surface area contributed by atoms with Crippen LogP contribution in [0.15, 0.2) is 41.4 Å². The van der Waals surface area contributed by atoms with Gasteiger partial charge in [0.25, 0.3) is 5.91 Å². The fourth-order valence-corrected chi connectivity index (χ4v) is 4.26. The van der Waals surface area contributed by atoms with Crippen molar-refractivity contribution in [3.8, 4) is 11.5 Å². The molecule has 2 aliphatic heterocycles. The number of fused-ring (bicyclic) bond motifs is 3. The zero-order valence-corrected chi connectivity index (χ0v) is 18.2. The van der Waals surface area contributed by atoms with Gasteiger partial charge in [0.15, 0.2) is 11.5 Å². The molecule has 0 aliphatic carbocycles. The first-order valence-corrected chi connectivity index (χ1v) is 11.1. The van der Waals surface area contributed by atoms with Gasteiger partial charge in [0.2, 0.25) is 0 Å². The Labute approximate surface area is 179 Å². The molecule has 5 nitrogen and oxygen atoms in total. The normalized spacial score (nSPS) is 17.2. The smallest absolute Gasteiger partial charge is 0.256 e. The summed E-state index contributed by atoms with van der Waals surface area (Å²) in [5.74, 6) is 1.23. The second-order valence-electron chi connectivity index (χ2n) is 7.35. The van der Waals surface area contributed by atoms with Crippen LogP contribution in [0.3, 0.4) is 0 Å². The molecule has 0 spiro atoms. The quantitative estimate of drug-likeness (QED) is 0.451. The van der Waals surface area contributed by atoms with Gasteiger partial charge < -0.3 is 14.4 Å². The Morgan fingerprint density at radius 2 is 1.97 bits per heavy atom. The van der Waals surface area contributed by atoms with E-state index in [4.69, 9.17) is 14.5 Å². The maximum Gasteiger partial charge on any atom is 0.256 e. The van der Waals surface area contributed by atoms with Gasteiger partial charge in [-0.1, -0.05) is 40.2 Å². The first-order chi connectivity index (χ1) is 14.2. The molecular formula is C23H25BrN2O3. The number of benzene rings is 2. The van der Waals surface area contributed by atoms with Gasteiger partial charge in [-0.2, -0.15) is 0 Å². The van der Waals surface area contributed by atoms with Crippen LogP contribution < -0.4 is 9.47 Å². The summed E-state index contributed by atoms with van der Waals surface area (Å²) in [5, 5.41) is 1.01. The van der Waals surface area contributed by atoms with Crippen molar-refractivity contribution < 1.29 is 14.3 Å². The number of amides is 1. The Morgan fingerprint density at radius 1 is 1.14 bits per heavy atom. The topological polar surface area (TPSA) is 51.1 Å². The van der Waals surface area contributed by atoms with E-state index < -0.39 is 0 Å². The van der Waals surface area contributed by atoms with Gasteiger partial charge in [-0.05, 0) is 42.5 Å². The van der Waals surface area contributed by atoms with E-state index in [2.05, 4.69) is 28.1 Å². The molecule has 4 rings (SSSR count). The van der Waals surface area contributed by atoms with E-state index in [1.807, 2.05) is 29.3 Å². The average molecular weight is 457 g/mol. The lowest BCUT2D eigenvalue weighted by Crippen LogP contribution is -2.42. The van der Waals surface area contributed by atoms with Gasteiger partial charge in [-0.15, -0.1) is 0 Å². The third-order valence-corrected chi connectivity index (χ3v) is 6.03. The Hall–Kier alpha value is -2.34. The molecule has 0 aromatic heterocycles. The average Bonchev–Trinajstić information content (AvgIpc) is 2.88. The number of carbonyl (C=O) groups excluding carboxylic acids is 1. The number of alkyl halides is 1. The summed E-state index contributed by atoms with van der Waals surface area (Å²) in [6.45, 7) is 1.20. The van der Waals surface area contributed by atoms with Gasteiger partial charge in [0.05, 0.1) is 19.3 Å². The number of hydrogen-bond acceptors (Lipinski definition) is 4. The molecule has 1 unspecified atom stereocenters. The molecule has 0 saturated heterocycles. The molecule has 0 bridgehead atoms. The molecule has 0 fully saturated rings. The van der Waals surface area contributed by atoms with E-state index in [1.54, 1.807) is 13.2 Å². The van der Waals surface area contributed by atoms with Crippen LogP contribution in [0.2, 0.25) is 0 Å². The summed E-state index contributed by atoms with van der Waals surface area (Å²) in [5.41, 5.74) is 3.84. The van der Waals surface area contributed by atoms with Crippen LogP contribution in [0.5, 0.6) is 11.5 Å². The highest BCUT2D eigenvalue weighted by molar-refractivity contribution is 9.09. The Balaban J connectivity index is 1.59. The molecule has 2 aromatic carbocycles. The van der Waals surface area contributed by atoms with Crippen LogP contribution in [-0.4, -0.2) is 42.2 Å². The molecule has 29 heavy (non-hydrogen) atoms. The van der Waals surface area contributed by atoms with Crippen LogP contribution in [-0.2, 0) is 13.0 Å². The van der Waals surface area contributed by atoms with Crippen LogP contribution in [0.1, 0.15) is 46.3 Å². The lowest BCUT2D eigenvalue weighted by atomic mass is 9.97. The largest absolute Gasteiger partial charge is 0.493 e. The molecule has 2 heterocycles. The molecular weight excluding hydrogens is 432 g/mol. The highest BCUT2D eigenvalue weighted by Crippen LogP contribution is 2.34. The van der Waals surface area contributed by atoms with Crippen molar-refractivity contribution in [2.45, 2.75) is 38.4 Å². The second-order valence-corrected chi connectivity index (χ2v) is 8.15. The van der Waals surface area contributed by atoms with Gasteiger partial charge in [0, 0.05) is 30.1 Å². The van der Waals surface area contributed by atoms with E-state index in [0.29, 0.717) is 30.2 Å². The predicted octanol–water partition coefficient (Wildman–Crippen LogP) is 4.60. The van der Waals surface area contributed by atoms with Gasteiger partial charge >= 0.3 is 0 Å². The summed E-state index contributed by atoms with van der Waals surface area (Å²) < 4.78 is 11.5. The van der Waals surface area contributed by atoms with Gasteiger partial charge in [-0.25, -0.2) is 0 Å². The second kappa shape index (κ2) is 8.99. The van der Waals surface area contributed by atoms with E-state index in [1.165, 1.54) is 11.1 Å². The first kappa shape index (κ1) is 20.0. The minimum Gasteiger partial charge on any atom is -0.493 e. The minimum atomic E-state index is -0.176. The SMILES string of the molecule is COc1cc2c(cc1OCCCCCBr)C=NC1Cc3ccccc3CN1C2=O. The number of hydrogen-bond donors (Lipinski definition) is 0. The van der Waals surface area contributed by atoms with E-state index >= 15 is 0 Å². The van der Waals surface area contributed by atoms with Crippen LogP contribution in [0, 0.1) is 0 Å². The van der Waals surface area contributed by atoms with E-state index in [9.17, 15) is 4.79 Å². The molecule has 2 aromatic rings. The van der Waals surface area contributed by atoms with Crippen LogP contribution in [0.4, 0.5) is 0 Å². The molecule has 0 N–H and O–H groups in total. The van der Waals surface area contributed by atoms with Crippen molar-refractivity contribution in [3.05, 3.63) is 58.7 Å². The lowest BCUT2D eigenvalue weighted by molar-refractivity contribution is 0.0652. The standard InChI is InChI=1S/C23H25BrN2O3/c1-28-20-13-19-18(11-21(20)29-10-6-2-5-9-24)14-25-22-12-16-7-3-4-8-17(16)15-26(22)23(19)27/h3-4,7-8,11,13-14,22H,2,5-6,9-10,12,15H2,1H3. The predicted molar refractivity (Wildman–Crippen MR) is 118 cm³/mol. The highest BCUT2D eigenvalue weighted by Gasteiger charge is 2.33. The molecule has 1 atom stereocenters. The summed E-state index contributed by atoms with van der Waals surface area (Å²) in [7, 11) is 1.61. The van der Waals surface area contributed by atoms with Crippen molar-refractivity contribution in [3.63, 3.8) is 0 Å². The maximum atomic E-state index is 13.3. The molecule has 6 heteroatoms. The van der Waals surface area contributed by atoms with Crippen molar-refractivity contribution in [1.82, 2.24) is 4.90 Å². The number of halogens is 1. The van der Waals surface area contributed by atoms with Crippen LogP contribution in [0.25, 0.3) is 0 Å². The number of ether oxygens (including phenoxy) is 2. The fraction of sp³-hybridized carbons (Fsp3) is 0.391. The number of carbonyl (C=O) groups is 1. The Bertz CT molecular complexity index is 928. The third kappa shape index (κ3) is 4.17. The van der Waals surface area contributed by atoms with E-state index in [0.717, 1.165) is 36.6 Å². The monoisotopic (exact) mass is 456 g/mol. The molecule has 2 aliphatic rings. The summed E-state index contributed by atoms with van der Waals surface area (Å²) in [6, 6.07) is 11.9. The lowest BCUT2D eigenvalue weighted by Gasteiger charge is -2.33. The van der Waals surface area contributed by atoms with Gasteiger partial charge in [0.1, 0.15) is 6.17 Å². The summed E-state index contributed by atoms with van der Waals surface area (Å²) >= 11 is 3.45. The Kier molecular flexibility index (Phi) is 6.19. The summed E-state index contributed by atoms with van der Waals surface area (Å²) in [6.07, 6.45) is 5.58. The first-order valence-electron chi connectivity index (χ1n) is 10.0. The van der Waals surface area contributed by atoms with Crippen LogP contribution >= 0.6 is 15.9 Å². The highest BCUT2D eigenvalue weighted by atomic mass is 79.9. The molecule has 152 valence electrons. The van der Waals surface area contributed by atoms with Crippen molar-refractivity contribution in [2.75, 3.05) is 19.0 Å². The fourth-order valence-electron chi connectivity index (χ4n) is 3.86. The number of aliphatic imine (C=N–C) groups is 1. The summed E-state index contributed by atoms with van der Waals surface area (Å²) in [4.78, 5) is 19.9. The Morgan fingerprint density at radius 3 is 2.76 bits per heavy atom. The number of nitrogens with zero attached hydrogens (tertiary/aromatic N) is 2. The number of unbranched alkanes of at least 4 members (excludes halogenated alkanes) is 2. The van der Waals surface area contributed by atoms with Crippen molar-refractivity contribution in [1.29, 1.82) is 0 Å². The number of methoxy groups -OCH3 is 1. The molecule has 1 amide bonds. The third-order valence-electron chi connectivity index (χ3n) is 5.47. The molecule has 0 saturated carbocycles. The van der Waals surface area contributed by atoms with Gasteiger partial charge in [-0.3, -0.25) is 9.79 Å². The van der Waals surface area contributed by atoms with E-state index in [-0.39, 0.29) is 12.1 Å². The van der Waals surface area contributed by atoms with Crippen molar-refractivity contribution in [2.24, 2.45) is 4.99 Å².